The van der Waals surface area contributed by atoms with Crippen molar-refractivity contribution in [2.45, 2.75) is 17.8 Å². The molecule has 3 heterocycles. The van der Waals surface area contributed by atoms with Crippen LogP contribution in [0.1, 0.15) is 11.4 Å². The predicted octanol–water partition coefficient (Wildman–Crippen LogP) is 4.18. The van der Waals surface area contributed by atoms with Crippen LogP contribution in [0.25, 0.3) is 28.0 Å². The number of rotatable bonds is 5. The van der Waals surface area contributed by atoms with Gasteiger partial charge in [-0.15, -0.1) is 10.2 Å². The van der Waals surface area contributed by atoms with Crippen molar-refractivity contribution < 1.29 is 0 Å². The van der Waals surface area contributed by atoms with E-state index in [2.05, 4.69) is 46.4 Å². The summed E-state index contributed by atoms with van der Waals surface area (Å²) in [4.78, 5) is 21.6. The van der Waals surface area contributed by atoms with Gasteiger partial charge in [0.2, 0.25) is 0 Å². The molecule has 0 saturated carbocycles. The number of fused-ring (bicyclic) bond motifs is 1. The molecule has 0 aliphatic carbocycles. The highest BCUT2D eigenvalue weighted by Crippen LogP contribution is 2.29. The lowest BCUT2D eigenvalue weighted by Gasteiger charge is -2.12. The normalized spacial score (nSPS) is 11.2. The third kappa shape index (κ3) is 3.69. The van der Waals surface area contributed by atoms with Gasteiger partial charge in [-0.25, -0.2) is 4.98 Å². The van der Waals surface area contributed by atoms with Crippen molar-refractivity contribution in [3.8, 4) is 17.1 Å². The molecule has 3 aromatic heterocycles. The minimum atomic E-state index is -0.0522. The summed E-state index contributed by atoms with van der Waals surface area (Å²) < 4.78 is 3.63. The van der Waals surface area contributed by atoms with Crippen molar-refractivity contribution in [1.82, 2.24) is 29.3 Å². The summed E-state index contributed by atoms with van der Waals surface area (Å²) >= 11 is 1.50. The van der Waals surface area contributed by atoms with E-state index in [0.29, 0.717) is 22.5 Å². The van der Waals surface area contributed by atoms with Crippen molar-refractivity contribution in [2.75, 3.05) is 0 Å². The Hall–Kier alpha value is -3.78. The highest BCUT2D eigenvalue weighted by molar-refractivity contribution is 7.98. The number of benzene rings is 2. The Morgan fingerprint density at radius 1 is 0.938 bits per heavy atom. The van der Waals surface area contributed by atoms with Crippen LogP contribution in [-0.4, -0.2) is 29.3 Å². The van der Waals surface area contributed by atoms with Crippen LogP contribution in [0.3, 0.4) is 0 Å². The molecule has 8 heteroatoms. The Bertz CT molecular complexity index is 1460. The number of pyridine rings is 1. The van der Waals surface area contributed by atoms with Crippen LogP contribution < -0.4 is 5.56 Å². The average molecular weight is 441 g/mol. The van der Waals surface area contributed by atoms with Gasteiger partial charge in [-0.3, -0.25) is 18.9 Å². The maximum Gasteiger partial charge on any atom is 0.261 e. The summed E-state index contributed by atoms with van der Waals surface area (Å²) in [7, 11) is 1.75. The van der Waals surface area contributed by atoms with E-state index >= 15 is 0 Å². The first kappa shape index (κ1) is 20.1. The van der Waals surface area contributed by atoms with Crippen LogP contribution in [0.5, 0.6) is 0 Å². The third-order valence-electron chi connectivity index (χ3n) is 5.27. The lowest BCUT2D eigenvalue weighted by atomic mass is 10.2. The topological polar surface area (TPSA) is 78.5 Å². The molecule has 32 heavy (non-hydrogen) atoms. The Labute approximate surface area is 188 Å². The highest BCUT2D eigenvalue weighted by Gasteiger charge is 2.17. The molecule has 158 valence electrons. The lowest BCUT2D eigenvalue weighted by Crippen LogP contribution is -2.22. The Kier molecular flexibility index (Phi) is 5.28. The van der Waals surface area contributed by atoms with Gasteiger partial charge in [0.25, 0.3) is 5.56 Å². The Morgan fingerprint density at radius 2 is 1.69 bits per heavy atom. The maximum atomic E-state index is 12.7. The van der Waals surface area contributed by atoms with Crippen molar-refractivity contribution >= 4 is 22.7 Å². The molecule has 2 aromatic carbocycles. The fraction of sp³-hybridized carbons (Fsp3) is 0.125. The molecule has 0 bridgehead atoms. The first-order valence-electron chi connectivity index (χ1n) is 10.1. The number of nitrogens with zero attached hydrogens (tertiary/aromatic N) is 6. The number of hydrogen-bond acceptors (Lipinski definition) is 6. The molecule has 0 amide bonds. The standard InChI is InChI=1S/C24H20N6OS/c1-16-7-9-18(10-8-16)30-22(17-11-13-25-14-12-17)27-28-24(30)32-15-21-26-20-6-4-3-5-19(20)23(31)29(21)2/h3-14H,15H2,1-2H3. The zero-order valence-corrected chi connectivity index (χ0v) is 18.5. The van der Waals surface area contributed by atoms with Crippen LogP contribution in [0.15, 0.2) is 83.0 Å². The van der Waals surface area contributed by atoms with Crippen molar-refractivity contribution in [3.63, 3.8) is 0 Å². The first-order valence-corrected chi connectivity index (χ1v) is 11.1. The summed E-state index contributed by atoms with van der Waals surface area (Å²) in [6.45, 7) is 2.06. The van der Waals surface area contributed by atoms with E-state index in [1.54, 1.807) is 30.1 Å². The van der Waals surface area contributed by atoms with Gasteiger partial charge in [0, 0.05) is 30.7 Å². The zero-order chi connectivity index (χ0) is 22.1. The van der Waals surface area contributed by atoms with Gasteiger partial charge in [-0.2, -0.15) is 0 Å². The smallest absolute Gasteiger partial charge is 0.261 e. The molecule has 0 radical (unpaired) electrons. The van der Waals surface area contributed by atoms with Crippen LogP contribution in [0.4, 0.5) is 0 Å². The van der Waals surface area contributed by atoms with Crippen LogP contribution >= 0.6 is 11.8 Å². The van der Waals surface area contributed by atoms with Gasteiger partial charge in [-0.1, -0.05) is 41.6 Å². The molecular weight excluding hydrogens is 420 g/mol. The molecule has 0 atom stereocenters. The summed E-state index contributed by atoms with van der Waals surface area (Å²) in [5.74, 6) is 1.90. The molecule has 0 unspecified atom stereocenters. The molecular formula is C24H20N6OS. The summed E-state index contributed by atoms with van der Waals surface area (Å²) in [5.41, 5.74) is 3.72. The molecule has 0 aliphatic rings. The molecule has 7 nitrogen and oxygen atoms in total. The van der Waals surface area contributed by atoms with Gasteiger partial charge in [0.05, 0.1) is 16.7 Å². The van der Waals surface area contributed by atoms with Gasteiger partial charge in [0.15, 0.2) is 11.0 Å². The average Bonchev–Trinajstić information content (AvgIpc) is 3.25. The zero-order valence-electron chi connectivity index (χ0n) is 17.6. The van der Waals surface area contributed by atoms with Crippen LogP contribution in [-0.2, 0) is 12.8 Å². The number of hydrogen-bond donors (Lipinski definition) is 0. The van der Waals surface area contributed by atoms with E-state index in [1.807, 2.05) is 34.9 Å². The van der Waals surface area contributed by atoms with E-state index in [-0.39, 0.29) is 5.56 Å². The fourth-order valence-electron chi connectivity index (χ4n) is 3.50. The fourth-order valence-corrected chi connectivity index (χ4v) is 4.44. The summed E-state index contributed by atoms with van der Waals surface area (Å²) in [6, 6.07) is 19.5. The Balaban J connectivity index is 1.55. The summed E-state index contributed by atoms with van der Waals surface area (Å²) in [5, 5.41) is 10.3. The van der Waals surface area contributed by atoms with Gasteiger partial charge < -0.3 is 0 Å². The molecule has 5 rings (SSSR count). The van der Waals surface area contributed by atoms with Gasteiger partial charge in [-0.05, 0) is 43.3 Å². The number of aromatic nitrogens is 6. The molecule has 0 N–H and O–H groups in total. The number of thioether (sulfide) groups is 1. The van der Waals surface area contributed by atoms with Gasteiger partial charge in [0.1, 0.15) is 5.82 Å². The molecule has 0 saturated heterocycles. The van der Waals surface area contributed by atoms with E-state index in [1.165, 1.54) is 17.3 Å². The largest absolute Gasteiger partial charge is 0.299 e. The second kappa shape index (κ2) is 8.39. The molecule has 0 aliphatic heterocycles. The van der Waals surface area contributed by atoms with Crippen LogP contribution in [0.2, 0.25) is 0 Å². The van der Waals surface area contributed by atoms with Crippen molar-refractivity contribution in [3.05, 3.63) is 94.8 Å². The monoisotopic (exact) mass is 440 g/mol. The van der Waals surface area contributed by atoms with Gasteiger partial charge >= 0.3 is 0 Å². The van der Waals surface area contributed by atoms with E-state index in [4.69, 9.17) is 4.98 Å². The SMILES string of the molecule is Cc1ccc(-n2c(SCc3nc4ccccc4c(=O)n3C)nnc2-c2ccncc2)cc1. The third-order valence-corrected chi connectivity index (χ3v) is 6.20. The Morgan fingerprint density at radius 3 is 2.47 bits per heavy atom. The lowest BCUT2D eigenvalue weighted by molar-refractivity contribution is 0.782. The summed E-state index contributed by atoms with van der Waals surface area (Å²) in [6.07, 6.45) is 3.48. The highest BCUT2D eigenvalue weighted by atomic mass is 32.2. The number of para-hydroxylation sites is 1. The second-order valence-corrected chi connectivity index (χ2v) is 8.35. The molecule has 0 spiro atoms. The van der Waals surface area contributed by atoms with E-state index in [0.717, 1.165) is 22.2 Å². The molecule has 0 fully saturated rings. The van der Waals surface area contributed by atoms with Crippen LogP contribution in [0, 0.1) is 6.92 Å². The first-order chi connectivity index (χ1) is 15.6. The van der Waals surface area contributed by atoms with Crippen molar-refractivity contribution in [1.29, 1.82) is 0 Å². The minimum Gasteiger partial charge on any atom is -0.299 e. The quantitative estimate of drug-likeness (QED) is 0.382. The second-order valence-electron chi connectivity index (χ2n) is 7.41. The minimum absolute atomic E-state index is 0.0522. The van der Waals surface area contributed by atoms with E-state index in [9.17, 15) is 4.79 Å². The molecule has 5 aromatic rings. The maximum absolute atomic E-state index is 12.7. The van der Waals surface area contributed by atoms with Crippen molar-refractivity contribution in [2.24, 2.45) is 7.05 Å². The predicted molar refractivity (Wildman–Crippen MR) is 126 cm³/mol. The van der Waals surface area contributed by atoms with E-state index < -0.39 is 0 Å². The number of aryl methyl sites for hydroxylation is 1.